The third kappa shape index (κ3) is 10.3. The molecule has 0 aliphatic carbocycles. The zero-order valence-corrected chi connectivity index (χ0v) is 22.3. The molecule has 2 rings (SSSR count). The summed E-state index contributed by atoms with van der Waals surface area (Å²) in [5.74, 6) is 4.25. The normalized spacial score (nSPS) is 15.7. The highest BCUT2D eigenvalue weighted by molar-refractivity contribution is 5.53. The van der Waals surface area contributed by atoms with Crippen LogP contribution in [0.1, 0.15) is 122 Å². The van der Waals surface area contributed by atoms with Crippen molar-refractivity contribution in [3.63, 3.8) is 0 Å². The lowest BCUT2D eigenvalue weighted by molar-refractivity contribution is -0.226. The minimum atomic E-state index is -0.462. The van der Waals surface area contributed by atoms with Gasteiger partial charge in [-0.3, -0.25) is 0 Å². The van der Waals surface area contributed by atoms with Crippen molar-refractivity contribution in [1.29, 1.82) is 0 Å². The van der Waals surface area contributed by atoms with Crippen LogP contribution in [-0.4, -0.2) is 26.4 Å². The molecule has 1 aliphatic heterocycles. The maximum Gasteiger partial charge on any atom is 0.187 e. The molecule has 0 atom stereocenters. The number of unbranched alkanes of at least 4 members (excludes halogenated alkanes) is 10. The third-order valence-electron chi connectivity index (χ3n) is 6.28. The Morgan fingerprint density at radius 1 is 0.794 bits per heavy atom. The second kappa shape index (κ2) is 16.1. The van der Waals surface area contributed by atoms with Gasteiger partial charge in [0, 0.05) is 5.41 Å². The van der Waals surface area contributed by atoms with Crippen LogP contribution in [-0.2, 0) is 9.47 Å². The number of ether oxygens (including phenoxy) is 4. The first-order valence-corrected chi connectivity index (χ1v) is 13.6. The Kier molecular flexibility index (Phi) is 13.5. The second-order valence-corrected chi connectivity index (χ2v) is 10.4. The predicted molar refractivity (Wildman–Crippen MR) is 141 cm³/mol. The van der Waals surface area contributed by atoms with Crippen LogP contribution >= 0.6 is 0 Å². The Morgan fingerprint density at radius 2 is 1.29 bits per heavy atom. The zero-order valence-electron chi connectivity index (χ0n) is 22.3. The van der Waals surface area contributed by atoms with Gasteiger partial charge in [0.1, 0.15) is 11.5 Å². The van der Waals surface area contributed by atoms with Crippen LogP contribution in [0.5, 0.6) is 11.5 Å². The third-order valence-corrected chi connectivity index (χ3v) is 6.28. The number of hydrogen-bond donors (Lipinski definition) is 0. The quantitative estimate of drug-likeness (QED) is 0.169. The van der Waals surface area contributed by atoms with Gasteiger partial charge in [0.15, 0.2) is 6.29 Å². The Labute approximate surface area is 209 Å². The highest BCUT2D eigenvalue weighted by Crippen LogP contribution is 2.39. The van der Waals surface area contributed by atoms with Crippen molar-refractivity contribution in [2.75, 3.05) is 26.4 Å². The predicted octanol–water partition coefficient (Wildman–Crippen LogP) is 8.22. The highest BCUT2D eigenvalue weighted by atomic mass is 16.7. The first-order valence-electron chi connectivity index (χ1n) is 13.6. The van der Waals surface area contributed by atoms with E-state index in [0.717, 1.165) is 35.5 Å². The smallest absolute Gasteiger partial charge is 0.187 e. The molecule has 1 aromatic carbocycles. The van der Waals surface area contributed by atoms with E-state index in [4.69, 9.17) is 25.4 Å². The van der Waals surface area contributed by atoms with E-state index in [2.05, 4.69) is 33.6 Å². The van der Waals surface area contributed by atoms with E-state index in [0.29, 0.717) is 26.4 Å². The molecule has 1 heterocycles. The van der Waals surface area contributed by atoms with Gasteiger partial charge in [-0.2, -0.15) is 0 Å². The molecule has 0 bridgehead atoms. The fourth-order valence-corrected chi connectivity index (χ4v) is 4.12. The largest absolute Gasteiger partial charge is 0.493 e. The first-order chi connectivity index (χ1) is 16.5. The standard InChI is InChI=1S/C30H48O4/c1-6-9-11-13-15-17-19-31-27-22-26(29-33-23-30(4,5)24-34-29)28(21-25(27)8-3)32-20-18-16-14-12-10-7-2/h3,21-22,29H,6-7,9-20,23-24H2,1-2,4-5H3. The van der Waals surface area contributed by atoms with E-state index in [1.807, 2.05) is 12.1 Å². The SMILES string of the molecule is C#Cc1cc(OCCCCCCCC)c(C2OCC(C)(C)CO2)cc1OCCCCCCCC. The van der Waals surface area contributed by atoms with Crippen LogP contribution in [0.2, 0.25) is 0 Å². The van der Waals surface area contributed by atoms with Gasteiger partial charge in [-0.05, 0) is 25.0 Å². The summed E-state index contributed by atoms with van der Waals surface area (Å²) in [6.07, 6.45) is 20.1. The molecule has 0 saturated carbocycles. The van der Waals surface area contributed by atoms with Crippen molar-refractivity contribution in [3.8, 4) is 23.8 Å². The van der Waals surface area contributed by atoms with Crippen molar-refractivity contribution in [3.05, 3.63) is 23.3 Å². The van der Waals surface area contributed by atoms with Gasteiger partial charge >= 0.3 is 0 Å². The fourth-order valence-electron chi connectivity index (χ4n) is 4.12. The molecule has 4 heteroatoms. The molecule has 0 unspecified atom stereocenters. The summed E-state index contributed by atoms with van der Waals surface area (Å²) < 4.78 is 24.5. The van der Waals surface area contributed by atoms with Crippen molar-refractivity contribution >= 4 is 0 Å². The molecule has 0 amide bonds. The second-order valence-electron chi connectivity index (χ2n) is 10.4. The van der Waals surface area contributed by atoms with Crippen LogP contribution in [0.3, 0.4) is 0 Å². The van der Waals surface area contributed by atoms with E-state index in [-0.39, 0.29) is 5.41 Å². The van der Waals surface area contributed by atoms with Crippen LogP contribution in [0.15, 0.2) is 12.1 Å². The first kappa shape index (κ1) is 28.5. The molecule has 0 radical (unpaired) electrons. The maximum atomic E-state index is 6.22. The van der Waals surface area contributed by atoms with Gasteiger partial charge in [-0.15, -0.1) is 6.42 Å². The van der Waals surface area contributed by atoms with Crippen molar-refractivity contribution < 1.29 is 18.9 Å². The molecule has 192 valence electrons. The summed E-state index contributed by atoms with van der Waals surface area (Å²) >= 11 is 0. The van der Waals surface area contributed by atoms with Crippen LogP contribution < -0.4 is 9.47 Å². The van der Waals surface area contributed by atoms with Gasteiger partial charge in [0.05, 0.1) is 37.6 Å². The molecule has 1 aromatic rings. The molecular weight excluding hydrogens is 424 g/mol. The molecule has 0 aromatic heterocycles. The Morgan fingerprint density at radius 3 is 1.82 bits per heavy atom. The molecule has 4 nitrogen and oxygen atoms in total. The topological polar surface area (TPSA) is 36.9 Å². The van der Waals surface area contributed by atoms with Gasteiger partial charge in [0.25, 0.3) is 0 Å². The van der Waals surface area contributed by atoms with E-state index in [1.54, 1.807) is 0 Å². The van der Waals surface area contributed by atoms with Gasteiger partial charge in [-0.25, -0.2) is 0 Å². The lowest BCUT2D eigenvalue weighted by Gasteiger charge is -2.35. The number of benzene rings is 1. The number of hydrogen-bond acceptors (Lipinski definition) is 4. The van der Waals surface area contributed by atoms with Crippen LogP contribution in [0, 0.1) is 17.8 Å². The Hall–Kier alpha value is -1.70. The van der Waals surface area contributed by atoms with E-state index < -0.39 is 6.29 Å². The summed E-state index contributed by atoms with van der Waals surface area (Å²) in [7, 11) is 0. The summed E-state index contributed by atoms with van der Waals surface area (Å²) in [6, 6.07) is 3.90. The highest BCUT2D eigenvalue weighted by Gasteiger charge is 2.31. The van der Waals surface area contributed by atoms with E-state index in [1.165, 1.54) is 64.2 Å². The van der Waals surface area contributed by atoms with Crippen LogP contribution in [0.25, 0.3) is 0 Å². The lowest BCUT2D eigenvalue weighted by atomic mass is 9.95. The van der Waals surface area contributed by atoms with E-state index in [9.17, 15) is 0 Å². The average Bonchev–Trinajstić information content (AvgIpc) is 2.83. The summed E-state index contributed by atoms with van der Waals surface area (Å²) in [5, 5.41) is 0. The van der Waals surface area contributed by atoms with E-state index >= 15 is 0 Å². The zero-order chi connectivity index (χ0) is 24.7. The van der Waals surface area contributed by atoms with Gasteiger partial charge in [-0.1, -0.05) is 97.8 Å². The average molecular weight is 473 g/mol. The fraction of sp³-hybridized carbons (Fsp3) is 0.733. The summed E-state index contributed by atoms with van der Waals surface area (Å²) in [5.41, 5.74) is 1.61. The molecule has 0 N–H and O–H groups in total. The molecule has 1 aliphatic rings. The van der Waals surface area contributed by atoms with Gasteiger partial charge < -0.3 is 18.9 Å². The molecular formula is C30H48O4. The molecule has 34 heavy (non-hydrogen) atoms. The Bertz CT molecular complexity index is 724. The summed E-state index contributed by atoms with van der Waals surface area (Å²) in [4.78, 5) is 0. The molecule has 0 spiro atoms. The van der Waals surface area contributed by atoms with Crippen molar-refractivity contribution in [1.82, 2.24) is 0 Å². The summed E-state index contributed by atoms with van der Waals surface area (Å²) in [6.45, 7) is 11.4. The lowest BCUT2D eigenvalue weighted by Crippen LogP contribution is -2.34. The van der Waals surface area contributed by atoms with Crippen LogP contribution in [0.4, 0.5) is 0 Å². The minimum absolute atomic E-state index is 0.00582. The van der Waals surface area contributed by atoms with Crippen molar-refractivity contribution in [2.45, 2.75) is 111 Å². The van der Waals surface area contributed by atoms with Gasteiger partial charge in [0.2, 0.25) is 0 Å². The Balaban J connectivity index is 2.03. The maximum absolute atomic E-state index is 6.22. The molecule has 1 saturated heterocycles. The molecule has 1 fully saturated rings. The minimum Gasteiger partial charge on any atom is -0.493 e. The number of terminal acetylenes is 1. The van der Waals surface area contributed by atoms with Crippen molar-refractivity contribution in [2.24, 2.45) is 5.41 Å². The number of rotatable bonds is 17. The monoisotopic (exact) mass is 472 g/mol.